The zero-order valence-corrected chi connectivity index (χ0v) is 13.4. The van der Waals surface area contributed by atoms with E-state index in [9.17, 15) is 9.90 Å². The molecule has 2 aromatic carbocycles. The van der Waals surface area contributed by atoms with Gasteiger partial charge in [0.2, 0.25) is 0 Å². The van der Waals surface area contributed by atoms with Crippen molar-refractivity contribution in [2.24, 2.45) is 5.92 Å². The molecule has 1 heterocycles. The predicted molar refractivity (Wildman–Crippen MR) is 91.7 cm³/mol. The zero-order valence-electron chi connectivity index (χ0n) is 13.4. The highest BCUT2D eigenvalue weighted by molar-refractivity contribution is 6.04. The van der Waals surface area contributed by atoms with Crippen LogP contribution in [-0.2, 0) is 12.8 Å². The van der Waals surface area contributed by atoms with Crippen molar-refractivity contribution >= 4 is 22.5 Å². The number of nitrogens with one attached hydrogen (secondary N) is 1. The Hall–Kier alpha value is -2.07. The molecular formula is C19H22N2O2. The van der Waals surface area contributed by atoms with Crippen LogP contribution in [0, 0.1) is 5.92 Å². The van der Waals surface area contributed by atoms with E-state index >= 15 is 0 Å². The maximum Gasteiger partial charge on any atom is 0.321 e. The molecule has 2 aliphatic rings. The third kappa shape index (κ3) is 2.47. The van der Waals surface area contributed by atoms with Crippen molar-refractivity contribution in [3.8, 4) is 0 Å². The SMILES string of the molecule is CC1CCN(C(=O)Nc2ccc3c4c(cccc24)CC3)CC1O. The van der Waals surface area contributed by atoms with Crippen LogP contribution >= 0.6 is 0 Å². The Balaban J connectivity index is 1.60. The van der Waals surface area contributed by atoms with Crippen LogP contribution in [0.4, 0.5) is 10.5 Å². The maximum atomic E-state index is 12.6. The third-order valence-corrected chi connectivity index (χ3v) is 5.32. The van der Waals surface area contributed by atoms with Gasteiger partial charge >= 0.3 is 6.03 Å². The second-order valence-electron chi connectivity index (χ2n) is 6.82. The van der Waals surface area contributed by atoms with Gasteiger partial charge in [-0.25, -0.2) is 4.79 Å². The minimum absolute atomic E-state index is 0.116. The topological polar surface area (TPSA) is 52.6 Å². The van der Waals surface area contributed by atoms with Crippen molar-refractivity contribution in [3.05, 3.63) is 41.5 Å². The number of piperidine rings is 1. The monoisotopic (exact) mass is 310 g/mol. The number of urea groups is 1. The van der Waals surface area contributed by atoms with Gasteiger partial charge in [0.1, 0.15) is 0 Å². The summed E-state index contributed by atoms with van der Waals surface area (Å²) in [6.45, 7) is 3.14. The fraction of sp³-hybridized carbons (Fsp3) is 0.421. The standard InChI is InChI=1S/C19H22N2O2/c1-12-9-10-21(11-17(12)22)19(23)20-16-8-7-14-6-5-13-3-2-4-15(16)18(13)14/h2-4,7-8,12,17,22H,5-6,9-11H2,1H3,(H,20,23). The molecule has 120 valence electrons. The van der Waals surface area contributed by atoms with Crippen LogP contribution in [0.1, 0.15) is 24.5 Å². The number of carbonyl (C=O) groups is 1. The van der Waals surface area contributed by atoms with Gasteiger partial charge in [0, 0.05) is 18.5 Å². The van der Waals surface area contributed by atoms with Gasteiger partial charge in [-0.15, -0.1) is 0 Å². The molecule has 1 aliphatic carbocycles. The number of benzene rings is 2. The van der Waals surface area contributed by atoms with Crippen molar-refractivity contribution in [3.63, 3.8) is 0 Å². The van der Waals surface area contributed by atoms with Gasteiger partial charge in [-0.05, 0) is 47.8 Å². The number of hydrogen-bond acceptors (Lipinski definition) is 2. The third-order valence-electron chi connectivity index (χ3n) is 5.32. The van der Waals surface area contributed by atoms with Crippen LogP contribution in [0.3, 0.4) is 0 Å². The van der Waals surface area contributed by atoms with Gasteiger partial charge in [-0.3, -0.25) is 0 Å². The second kappa shape index (κ2) is 5.53. The number of β-amino-alcohol motifs (C(OH)–C–C–N with tert-alkyl or cyclic N) is 1. The lowest BCUT2D eigenvalue weighted by Crippen LogP contribution is -2.47. The fourth-order valence-corrected chi connectivity index (χ4v) is 3.78. The van der Waals surface area contributed by atoms with Gasteiger partial charge < -0.3 is 15.3 Å². The van der Waals surface area contributed by atoms with Crippen molar-refractivity contribution < 1.29 is 9.90 Å². The first-order valence-corrected chi connectivity index (χ1v) is 8.41. The van der Waals surface area contributed by atoms with E-state index in [1.807, 2.05) is 13.0 Å². The minimum Gasteiger partial charge on any atom is -0.391 e. The molecule has 2 unspecified atom stereocenters. The second-order valence-corrected chi connectivity index (χ2v) is 6.82. The molecule has 0 saturated carbocycles. The van der Waals surface area contributed by atoms with Crippen molar-refractivity contribution in [2.75, 3.05) is 18.4 Å². The molecule has 0 bridgehead atoms. The zero-order chi connectivity index (χ0) is 16.0. The van der Waals surface area contributed by atoms with E-state index in [0.717, 1.165) is 30.3 Å². The normalized spacial score (nSPS) is 23.3. The quantitative estimate of drug-likeness (QED) is 0.850. The highest BCUT2D eigenvalue weighted by Crippen LogP contribution is 2.35. The average Bonchev–Trinajstić information content (AvgIpc) is 2.97. The largest absolute Gasteiger partial charge is 0.391 e. The van der Waals surface area contributed by atoms with Crippen molar-refractivity contribution in [1.29, 1.82) is 0 Å². The molecule has 2 amide bonds. The molecule has 23 heavy (non-hydrogen) atoms. The van der Waals surface area contributed by atoms with Gasteiger partial charge in [0.25, 0.3) is 0 Å². The number of aliphatic hydroxyl groups is 1. The first-order chi connectivity index (χ1) is 11.1. The number of likely N-dealkylation sites (tertiary alicyclic amines) is 1. The lowest BCUT2D eigenvalue weighted by atomic mass is 9.96. The number of hydrogen-bond donors (Lipinski definition) is 2. The lowest BCUT2D eigenvalue weighted by Gasteiger charge is -2.34. The Bertz CT molecular complexity index is 761. The molecule has 4 rings (SSSR count). The van der Waals surface area contributed by atoms with Gasteiger partial charge in [0.15, 0.2) is 0 Å². The number of nitrogens with zero attached hydrogens (tertiary/aromatic N) is 1. The Morgan fingerprint density at radius 2 is 2.00 bits per heavy atom. The number of rotatable bonds is 1. The van der Waals surface area contributed by atoms with E-state index in [2.05, 4.69) is 29.6 Å². The number of amides is 2. The number of aryl methyl sites for hydroxylation is 2. The Morgan fingerprint density at radius 1 is 1.22 bits per heavy atom. The van der Waals surface area contributed by atoms with E-state index in [-0.39, 0.29) is 11.9 Å². The summed E-state index contributed by atoms with van der Waals surface area (Å²) in [5.41, 5.74) is 3.61. The van der Waals surface area contributed by atoms with E-state index in [4.69, 9.17) is 0 Å². The molecule has 2 atom stereocenters. The lowest BCUT2D eigenvalue weighted by molar-refractivity contribution is 0.0464. The first-order valence-electron chi connectivity index (χ1n) is 8.41. The van der Waals surface area contributed by atoms with Crippen molar-refractivity contribution in [1.82, 2.24) is 4.90 Å². The number of anilines is 1. The smallest absolute Gasteiger partial charge is 0.321 e. The first kappa shape index (κ1) is 14.5. The highest BCUT2D eigenvalue weighted by Gasteiger charge is 2.27. The van der Waals surface area contributed by atoms with E-state index < -0.39 is 6.10 Å². The molecule has 4 heteroatoms. The maximum absolute atomic E-state index is 12.6. The van der Waals surface area contributed by atoms with Gasteiger partial charge in [0.05, 0.1) is 11.8 Å². The van der Waals surface area contributed by atoms with Crippen LogP contribution in [-0.4, -0.2) is 35.2 Å². The summed E-state index contributed by atoms with van der Waals surface area (Å²) in [5, 5.41) is 15.5. The average molecular weight is 310 g/mol. The van der Waals surface area contributed by atoms with Crippen LogP contribution in [0.5, 0.6) is 0 Å². The molecular weight excluding hydrogens is 288 g/mol. The predicted octanol–water partition coefficient (Wildman–Crippen LogP) is 3.17. The summed E-state index contributed by atoms with van der Waals surface area (Å²) in [6, 6.07) is 10.3. The fourth-order valence-electron chi connectivity index (χ4n) is 3.78. The van der Waals surface area contributed by atoms with Crippen LogP contribution in [0.2, 0.25) is 0 Å². The van der Waals surface area contributed by atoms with E-state index in [0.29, 0.717) is 13.1 Å². The van der Waals surface area contributed by atoms with Crippen molar-refractivity contribution in [2.45, 2.75) is 32.3 Å². The molecule has 0 aromatic heterocycles. The van der Waals surface area contributed by atoms with Gasteiger partial charge in [-0.1, -0.05) is 31.2 Å². The Kier molecular flexibility index (Phi) is 3.49. The highest BCUT2D eigenvalue weighted by atomic mass is 16.3. The molecule has 2 N–H and O–H groups in total. The number of aliphatic hydroxyl groups excluding tert-OH is 1. The Labute approximate surface area is 136 Å². The summed E-state index contributed by atoms with van der Waals surface area (Å²) in [7, 11) is 0. The Morgan fingerprint density at radius 3 is 2.78 bits per heavy atom. The van der Waals surface area contributed by atoms with Crippen LogP contribution in [0.25, 0.3) is 10.8 Å². The van der Waals surface area contributed by atoms with Crippen LogP contribution in [0.15, 0.2) is 30.3 Å². The molecule has 1 aliphatic heterocycles. The molecule has 0 spiro atoms. The van der Waals surface area contributed by atoms with E-state index in [1.165, 1.54) is 16.5 Å². The molecule has 1 saturated heterocycles. The molecule has 4 nitrogen and oxygen atoms in total. The summed E-state index contributed by atoms with van der Waals surface area (Å²) in [4.78, 5) is 14.3. The summed E-state index contributed by atoms with van der Waals surface area (Å²) >= 11 is 0. The molecule has 0 radical (unpaired) electrons. The van der Waals surface area contributed by atoms with Gasteiger partial charge in [-0.2, -0.15) is 0 Å². The van der Waals surface area contributed by atoms with Crippen LogP contribution < -0.4 is 5.32 Å². The summed E-state index contributed by atoms with van der Waals surface area (Å²) in [6.07, 6.45) is 2.58. The van der Waals surface area contributed by atoms with E-state index in [1.54, 1.807) is 4.90 Å². The molecule has 2 aromatic rings. The number of carbonyl (C=O) groups excluding carboxylic acids is 1. The minimum atomic E-state index is -0.428. The summed E-state index contributed by atoms with van der Waals surface area (Å²) < 4.78 is 0. The molecule has 1 fully saturated rings. The summed E-state index contributed by atoms with van der Waals surface area (Å²) in [5.74, 6) is 0.260.